The Morgan fingerprint density at radius 3 is 2.29 bits per heavy atom. The highest BCUT2D eigenvalue weighted by Crippen LogP contribution is 2.10. The van der Waals surface area contributed by atoms with E-state index in [1.807, 2.05) is 18.2 Å². The molecule has 0 radical (unpaired) electrons. The van der Waals surface area contributed by atoms with E-state index in [4.69, 9.17) is 11.5 Å². The van der Waals surface area contributed by atoms with Crippen LogP contribution < -0.4 is 11.5 Å². The molecule has 4 heteroatoms. The molecule has 0 atom stereocenters. The van der Waals surface area contributed by atoms with Crippen molar-refractivity contribution in [1.29, 1.82) is 0 Å². The minimum absolute atomic E-state index is 0. The van der Waals surface area contributed by atoms with Crippen LogP contribution in [0.15, 0.2) is 29.3 Å². The van der Waals surface area contributed by atoms with Gasteiger partial charge in [-0.1, -0.05) is 31.2 Å². The first-order chi connectivity index (χ1) is 6.24. The van der Waals surface area contributed by atoms with Crippen molar-refractivity contribution in [3.63, 3.8) is 0 Å². The molecule has 4 N–H and O–H groups in total. The number of rotatable bonds is 3. The zero-order chi connectivity index (χ0) is 9.68. The van der Waals surface area contributed by atoms with Crippen molar-refractivity contribution in [3.8, 4) is 0 Å². The Morgan fingerprint density at radius 2 is 1.79 bits per heavy atom. The molecular formula is C10H16ClN3. The van der Waals surface area contributed by atoms with Gasteiger partial charge in [0.25, 0.3) is 0 Å². The van der Waals surface area contributed by atoms with Gasteiger partial charge in [0, 0.05) is 0 Å². The molecule has 0 heterocycles. The van der Waals surface area contributed by atoms with Gasteiger partial charge in [-0.2, -0.15) is 0 Å². The number of benzene rings is 1. The molecule has 3 nitrogen and oxygen atoms in total. The fourth-order valence-electron chi connectivity index (χ4n) is 1.23. The van der Waals surface area contributed by atoms with E-state index in [-0.39, 0.29) is 18.4 Å². The van der Waals surface area contributed by atoms with Crippen molar-refractivity contribution in [1.82, 2.24) is 0 Å². The van der Waals surface area contributed by atoms with E-state index in [9.17, 15) is 0 Å². The predicted octanol–water partition coefficient (Wildman–Crippen LogP) is 1.44. The summed E-state index contributed by atoms with van der Waals surface area (Å²) in [6.45, 7) is 2.70. The number of hydrogen-bond acceptors (Lipinski definition) is 1. The van der Waals surface area contributed by atoms with E-state index in [1.54, 1.807) is 0 Å². The molecule has 0 spiro atoms. The minimum Gasteiger partial charge on any atom is -0.370 e. The highest BCUT2D eigenvalue weighted by atomic mass is 35.5. The Hall–Kier alpha value is -1.22. The van der Waals surface area contributed by atoms with Crippen LogP contribution in [0.3, 0.4) is 0 Å². The molecule has 14 heavy (non-hydrogen) atoms. The second-order valence-corrected chi connectivity index (χ2v) is 2.86. The van der Waals surface area contributed by atoms with Gasteiger partial charge >= 0.3 is 0 Å². The molecule has 78 valence electrons. The Balaban J connectivity index is 0.00000169. The molecule has 1 aromatic carbocycles. The Bertz CT molecular complexity index is 306. The van der Waals surface area contributed by atoms with Crippen molar-refractivity contribution in [2.45, 2.75) is 19.9 Å². The van der Waals surface area contributed by atoms with E-state index in [2.05, 4.69) is 18.0 Å². The molecule has 0 aliphatic heterocycles. The quantitative estimate of drug-likeness (QED) is 0.590. The SMILES string of the molecule is CCc1ccccc1CN=C(N)N.Cl. The molecule has 1 rings (SSSR count). The van der Waals surface area contributed by atoms with Gasteiger partial charge in [-0.25, -0.2) is 4.99 Å². The van der Waals surface area contributed by atoms with Gasteiger partial charge in [0.15, 0.2) is 5.96 Å². The first-order valence-electron chi connectivity index (χ1n) is 4.36. The summed E-state index contributed by atoms with van der Waals surface area (Å²) in [5, 5.41) is 0. The first kappa shape index (κ1) is 12.8. The summed E-state index contributed by atoms with van der Waals surface area (Å²) < 4.78 is 0. The monoisotopic (exact) mass is 213 g/mol. The van der Waals surface area contributed by atoms with Gasteiger partial charge in [-0.05, 0) is 17.5 Å². The molecular weight excluding hydrogens is 198 g/mol. The summed E-state index contributed by atoms with van der Waals surface area (Å²) in [5.74, 6) is 0.144. The molecule has 0 fully saturated rings. The molecule has 1 aromatic rings. The van der Waals surface area contributed by atoms with E-state index in [0.29, 0.717) is 6.54 Å². The maximum atomic E-state index is 5.26. The van der Waals surface area contributed by atoms with E-state index in [1.165, 1.54) is 11.1 Å². The molecule has 0 aliphatic carbocycles. The second-order valence-electron chi connectivity index (χ2n) is 2.86. The zero-order valence-corrected chi connectivity index (χ0v) is 9.05. The topological polar surface area (TPSA) is 64.4 Å². The number of nitrogens with two attached hydrogens (primary N) is 2. The van der Waals surface area contributed by atoms with Crippen LogP contribution in [0.4, 0.5) is 0 Å². The lowest BCUT2D eigenvalue weighted by atomic mass is 10.1. The van der Waals surface area contributed by atoms with Crippen LogP contribution >= 0.6 is 12.4 Å². The van der Waals surface area contributed by atoms with Crippen LogP contribution in [0, 0.1) is 0 Å². The number of guanidine groups is 1. The molecule has 0 aromatic heterocycles. The summed E-state index contributed by atoms with van der Waals surface area (Å²) in [7, 11) is 0. The summed E-state index contributed by atoms with van der Waals surface area (Å²) in [5.41, 5.74) is 13.0. The summed E-state index contributed by atoms with van der Waals surface area (Å²) in [6, 6.07) is 8.16. The van der Waals surface area contributed by atoms with Crippen LogP contribution in [0.1, 0.15) is 18.1 Å². The number of aryl methyl sites for hydroxylation is 1. The van der Waals surface area contributed by atoms with Crippen LogP contribution in [0.25, 0.3) is 0 Å². The Labute approximate surface area is 90.6 Å². The number of aliphatic imine (C=N–C) groups is 1. The van der Waals surface area contributed by atoms with Crippen molar-refractivity contribution >= 4 is 18.4 Å². The maximum Gasteiger partial charge on any atom is 0.186 e. The first-order valence-corrected chi connectivity index (χ1v) is 4.36. The third-order valence-electron chi connectivity index (χ3n) is 1.93. The van der Waals surface area contributed by atoms with E-state index < -0.39 is 0 Å². The summed E-state index contributed by atoms with van der Waals surface area (Å²) in [4.78, 5) is 3.98. The summed E-state index contributed by atoms with van der Waals surface area (Å²) in [6.07, 6.45) is 1.01. The van der Waals surface area contributed by atoms with Crippen LogP contribution in [-0.2, 0) is 13.0 Å². The fourth-order valence-corrected chi connectivity index (χ4v) is 1.23. The second kappa shape index (κ2) is 6.27. The van der Waals surface area contributed by atoms with Crippen molar-refractivity contribution in [3.05, 3.63) is 35.4 Å². The Kier molecular flexibility index (Phi) is 5.72. The van der Waals surface area contributed by atoms with Crippen LogP contribution in [0.5, 0.6) is 0 Å². The molecule has 0 saturated heterocycles. The predicted molar refractivity (Wildman–Crippen MR) is 62.6 cm³/mol. The number of halogens is 1. The van der Waals surface area contributed by atoms with Gasteiger partial charge in [0.2, 0.25) is 0 Å². The van der Waals surface area contributed by atoms with Crippen molar-refractivity contribution in [2.75, 3.05) is 0 Å². The number of nitrogens with zero attached hydrogens (tertiary/aromatic N) is 1. The third kappa shape index (κ3) is 3.66. The lowest BCUT2D eigenvalue weighted by Crippen LogP contribution is -2.22. The largest absolute Gasteiger partial charge is 0.370 e. The third-order valence-corrected chi connectivity index (χ3v) is 1.93. The van der Waals surface area contributed by atoms with Crippen LogP contribution in [0.2, 0.25) is 0 Å². The highest BCUT2D eigenvalue weighted by molar-refractivity contribution is 5.85. The lowest BCUT2D eigenvalue weighted by molar-refractivity contribution is 0.996. The van der Waals surface area contributed by atoms with Crippen molar-refractivity contribution < 1.29 is 0 Å². The molecule has 0 bridgehead atoms. The van der Waals surface area contributed by atoms with E-state index in [0.717, 1.165) is 6.42 Å². The molecule has 0 amide bonds. The smallest absolute Gasteiger partial charge is 0.186 e. The Morgan fingerprint density at radius 1 is 1.21 bits per heavy atom. The lowest BCUT2D eigenvalue weighted by Gasteiger charge is -2.03. The van der Waals surface area contributed by atoms with Gasteiger partial charge in [-0.15, -0.1) is 12.4 Å². The standard InChI is InChI=1S/C10H15N3.ClH/c1-2-8-5-3-4-6-9(8)7-13-10(11)12;/h3-6H,2,7H2,1H3,(H4,11,12,13);1H. The minimum atomic E-state index is 0. The molecule has 0 aliphatic rings. The van der Waals surface area contributed by atoms with Gasteiger partial charge in [0.1, 0.15) is 0 Å². The summed E-state index contributed by atoms with van der Waals surface area (Å²) >= 11 is 0. The average molecular weight is 214 g/mol. The van der Waals surface area contributed by atoms with Crippen LogP contribution in [-0.4, -0.2) is 5.96 Å². The van der Waals surface area contributed by atoms with Crippen molar-refractivity contribution in [2.24, 2.45) is 16.5 Å². The van der Waals surface area contributed by atoms with E-state index >= 15 is 0 Å². The number of hydrogen-bond donors (Lipinski definition) is 2. The zero-order valence-electron chi connectivity index (χ0n) is 8.23. The highest BCUT2D eigenvalue weighted by Gasteiger charge is 1.97. The average Bonchev–Trinajstić information content (AvgIpc) is 2.15. The maximum absolute atomic E-state index is 5.26. The van der Waals surface area contributed by atoms with Gasteiger partial charge in [0.05, 0.1) is 6.54 Å². The van der Waals surface area contributed by atoms with Gasteiger partial charge in [-0.3, -0.25) is 0 Å². The fraction of sp³-hybridized carbons (Fsp3) is 0.300. The van der Waals surface area contributed by atoms with Gasteiger partial charge < -0.3 is 11.5 Å². The molecule has 0 saturated carbocycles. The normalized spacial score (nSPS) is 8.93. The molecule has 0 unspecified atom stereocenters.